The minimum absolute atomic E-state index is 0.0142. The summed E-state index contributed by atoms with van der Waals surface area (Å²) in [5, 5.41) is 26.1. The summed E-state index contributed by atoms with van der Waals surface area (Å²) in [4.78, 5) is 0. The summed E-state index contributed by atoms with van der Waals surface area (Å²) in [5.74, 6) is -0.0283. The minimum atomic E-state index is -0.0142. The Balaban J connectivity index is 2.42. The van der Waals surface area contributed by atoms with Gasteiger partial charge in [0.05, 0.1) is 0 Å². The van der Waals surface area contributed by atoms with Crippen LogP contribution in [0.3, 0.4) is 0 Å². The Morgan fingerprint density at radius 1 is 0.714 bits per heavy atom. The average Bonchev–Trinajstić information content (AvgIpc) is 2.11. The molecule has 14 heavy (non-hydrogen) atoms. The Bertz CT molecular complexity index is 306. The van der Waals surface area contributed by atoms with Crippen molar-refractivity contribution < 1.29 is 10.2 Å². The highest BCUT2D eigenvalue weighted by atomic mass is 16.3. The zero-order chi connectivity index (χ0) is 9.97. The van der Waals surface area contributed by atoms with Crippen molar-refractivity contribution in [3.8, 4) is 11.8 Å². The van der Waals surface area contributed by atoms with Crippen LogP contribution in [0.25, 0.3) is 0 Å². The van der Waals surface area contributed by atoms with Gasteiger partial charge in [0.1, 0.15) is 0 Å². The van der Waals surface area contributed by atoms with Crippen LogP contribution in [0.4, 0.5) is 0 Å². The van der Waals surface area contributed by atoms with Crippen LogP contribution >= 0.6 is 0 Å². The largest absolute Gasteiger partial charge is 0.492 e. The van der Waals surface area contributed by atoms with E-state index in [2.05, 4.69) is 10.2 Å². The molecule has 1 aromatic heterocycles. The molecule has 4 heteroatoms. The summed E-state index contributed by atoms with van der Waals surface area (Å²) in [6.45, 7) is 0. The van der Waals surface area contributed by atoms with E-state index in [1.807, 2.05) is 0 Å². The van der Waals surface area contributed by atoms with E-state index >= 15 is 0 Å². The summed E-state index contributed by atoms with van der Waals surface area (Å²) in [5.41, 5.74) is 1.58. The Morgan fingerprint density at radius 3 is 1.57 bits per heavy atom. The molecule has 0 radical (unpaired) electrons. The van der Waals surface area contributed by atoms with Crippen molar-refractivity contribution in [1.82, 2.24) is 10.2 Å². The lowest BCUT2D eigenvalue weighted by Crippen LogP contribution is -2.03. The van der Waals surface area contributed by atoms with Gasteiger partial charge >= 0.3 is 0 Å². The van der Waals surface area contributed by atoms with Gasteiger partial charge in [-0.05, 0) is 25.7 Å². The fourth-order valence-electron chi connectivity index (χ4n) is 1.97. The molecule has 2 rings (SSSR count). The predicted molar refractivity (Wildman–Crippen MR) is 51.2 cm³/mol. The van der Waals surface area contributed by atoms with E-state index in [0.717, 1.165) is 36.8 Å². The predicted octanol–water partition coefficient (Wildman–Crippen LogP) is 1.55. The second kappa shape index (κ2) is 3.82. The van der Waals surface area contributed by atoms with Crippen LogP contribution in [0.1, 0.15) is 36.8 Å². The lowest BCUT2D eigenvalue weighted by molar-refractivity contribution is 0.397. The van der Waals surface area contributed by atoms with Crippen molar-refractivity contribution in [2.45, 2.75) is 38.5 Å². The Hall–Kier alpha value is -1.32. The zero-order valence-electron chi connectivity index (χ0n) is 8.03. The Labute approximate surface area is 82.6 Å². The Morgan fingerprint density at radius 2 is 1.14 bits per heavy atom. The normalized spacial score (nSPS) is 16.9. The van der Waals surface area contributed by atoms with Gasteiger partial charge in [-0.15, -0.1) is 10.2 Å². The molecule has 76 valence electrons. The summed E-state index contributed by atoms with van der Waals surface area (Å²) in [6.07, 6.45) is 6.05. The van der Waals surface area contributed by atoms with Crippen LogP contribution in [0.2, 0.25) is 0 Å². The third-order valence-corrected chi connectivity index (χ3v) is 2.75. The standard InChI is InChI=1S/C10H14N2O2/c13-9-7-5-3-1-2-4-6-8(7)10(14)12-11-9/h1-6H2,(H,11,13)(H,12,14). The van der Waals surface area contributed by atoms with Crippen molar-refractivity contribution in [2.75, 3.05) is 0 Å². The van der Waals surface area contributed by atoms with Gasteiger partial charge in [0.25, 0.3) is 0 Å². The number of rotatable bonds is 0. The molecule has 0 aromatic carbocycles. The van der Waals surface area contributed by atoms with Crippen molar-refractivity contribution >= 4 is 0 Å². The number of aromatic nitrogens is 2. The molecule has 1 aromatic rings. The maximum atomic E-state index is 9.51. The molecule has 1 heterocycles. The van der Waals surface area contributed by atoms with E-state index in [1.54, 1.807) is 0 Å². The molecular formula is C10H14N2O2. The summed E-state index contributed by atoms with van der Waals surface area (Å²) in [6, 6.07) is 0. The highest BCUT2D eigenvalue weighted by Crippen LogP contribution is 2.29. The molecule has 0 spiro atoms. The number of fused-ring (bicyclic) bond motifs is 1. The van der Waals surface area contributed by atoms with E-state index in [-0.39, 0.29) is 11.8 Å². The fraction of sp³-hybridized carbons (Fsp3) is 0.600. The lowest BCUT2D eigenvalue weighted by Gasteiger charge is -2.14. The monoisotopic (exact) mass is 194 g/mol. The highest BCUT2D eigenvalue weighted by molar-refractivity contribution is 5.39. The minimum Gasteiger partial charge on any atom is -0.492 e. The van der Waals surface area contributed by atoms with E-state index in [1.165, 1.54) is 12.8 Å². The number of hydrogen-bond donors (Lipinski definition) is 2. The smallest absolute Gasteiger partial charge is 0.234 e. The van der Waals surface area contributed by atoms with Crippen LogP contribution in [0.15, 0.2) is 0 Å². The molecule has 4 nitrogen and oxygen atoms in total. The second-order valence-electron chi connectivity index (χ2n) is 3.72. The van der Waals surface area contributed by atoms with Gasteiger partial charge < -0.3 is 10.2 Å². The quantitative estimate of drug-likeness (QED) is 0.657. The van der Waals surface area contributed by atoms with Crippen molar-refractivity contribution in [3.63, 3.8) is 0 Å². The molecule has 0 aliphatic heterocycles. The molecule has 1 aliphatic carbocycles. The van der Waals surface area contributed by atoms with Gasteiger partial charge in [-0.25, -0.2) is 0 Å². The van der Waals surface area contributed by atoms with Crippen LogP contribution in [-0.2, 0) is 12.8 Å². The SMILES string of the molecule is Oc1nnc(O)c2c1CCCCCC2. The van der Waals surface area contributed by atoms with Crippen LogP contribution in [0, 0.1) is 0 Å². The van der Waals surface area contributed by atoms with Gasteiger partial charge in [0.2, 0.25) is 11.8 Å². The molecule has 0 saturated carbocycles. The fourth-order valence-corrected chi connectivity index (χ4v) is 1.97. The van der Waals surface area contributed by atoms with Crippen LogP contribution < -0.4 is 0 Å². The Kier molecular flexibility index (Phi) is 2.52. The summed E-state index contributed by atoms with van der Waals surface area (Å²) < 4.78 is 0. The molecule has 0 unspecified atom stereocenters. The maximum absolute atomic E-state index is 9.51. The maximum Gasteiger partial charge on any atom is 0.234 e. The van der Waals surface area contributed by atoms with Gasteiger partial charge in [-0.3, -0.25) is 0 Å². The first kappa shape index (κ1) is 9.24. The molecule has 0 saturated heterocycles. The van der Waals surface area contributed by atoms with E-state index in [4.69, 9.17) is 0 Å². The molecule has 0 bridgehead atoms. The van der Waals surface area contributed by atoms with Gasteiger partial charge in [-0.2, -0.15) is 0 Å². The molecule has 2 N–H and O–H groups in total. The molecule has 0 fully saturated rings. The topological polar surface area (TPSA) is 66.2 Å². The molecule has 0 atom stereocenters. The lowest BCUT2D eigenvalue weighted by atomic mass is 9.95. The van der Waals surface area contributed by atoms with Gasteiger partial charge in [0.15, 0.2) is 0 Å². The molecular weight excluding hydrogens is 180 g/mol. The average molecular weight is 194 g/mol. The van der Waals surface area contributed by atoms with Crippen molar-refractivity contribution in [3.05, 3.63) is 11.1 Å². The van der Waals surface area contributed by atoms with Gasteiger partial charge in [-0.1, -0.05) is 12.8 Å². The molecule has 1 aliphatic rings. The third-order valence-electron chi connectivity index (χ3n) is 2.75. The van der Waals surface area contributed by atoms with Gasteiger partial charge in [0, 0.05) is 11.1 Å². The zero-order valence-corrected chi connectivity index (χ0v) is 8.03. The third kappa shape index (κ3) is 1.64. The van der Waals surface area contributed by atoms with Crippen LogP contribution in [0.5, 0.6) is 11.8 Å². The number of nitrogens with zero attached hydrogens (tertiary/aromatic N) is 2. The molecule has 0 amide bonds. The first-order valence-electron chi connectivity index (χ1n) is 5.05. The van der Waals surface area contributed by atoms with E-state index in [9.17, 15) is 10.2 Å². The summed E-state index contributed by atoms with van der Waals surface area (Å²) >= 11 is 0. The van der Waals surface area contributed by atoms with Crippen molar-refractivity contribution in [1.29, 1.82) is 0 Å². The number of aromatic hydroxyl groups is 2. The number of hydrogen-bond acceptors (Lipinski definition) is 4. The highest BCUT2D eigenvalue weighted by Gasteiger charge is 2.16. The first-order valence-corrected chi connectivity index (χ1v) is 5.05. The van der Waals surface area contributed by atoms with E-state index < -0.39 is 0 Å². The second-order valence-corrected chi connectivity index (χ2v) is 3.72. The first-order chi connectivity index (χ1) is 6.79. The van der Waals surface area contributed by atoms with Crippen molar-refractivity contribution in [2.24, 2.45) is 0 Å². The van der Waals surface area contributed by atoms with E-state index in [0.29, 0.717) is 0 Å². The summed E-state index contributed by atoms with van der Waals surface area (Å²) in [7, 11) is 0. The van der Waals surface area contributed by atoms with Crippen LogP contribution in [-0.4, -0.2) is 20.4 Å².